The number of nitro groups is 1. The first-order valence-corrected chi connectivity index (χ1v) is 10.4. The topological polar surface area (TPSA) is 136 Å². The molecule has 10 nitrogen and oxygen atoms in total. The van der Waals surface area contributed by atoms with Gasteiger partial charge in [0.25, 0.3) is 15.7 Å². The molecule has 0 radical (unpaired) electrons. The average Bonchev–Trinajstić information content (AvgIpc) is 3.10. The molecule has 0 aliphatic carbocycles. The maximum Gasteiger partial charge on any atom is 0.271 e. The van der Waals surface area contributed by atoms with E-state index in [1.165, 1.54) is 43.5 Å². The van der Waals surface area contributed by atoms with Crippen LogP contribution in [0.5, 0.6) is 5.75 Å². The molecule has 2 aromatic rings. The predicted octanol–water partition coefficient (Wildman–Crippen LogP) is 2.23. The second-order valence-electron chi connectivity index (χ2n) is 6.68. The number of nitro benzene ring substituents is 1. The monoisotopic (exact) mass is 433 g/mol. The number of carbonyl (C=O) groups is 2. The van der Waals surface area contributed by atoms with Crippen molar-refractivity contribution in [1.29, 1.82) is 0 Å². The van der Waals surface area contributed by atoms with Gasteiger partial charge in [0.2, 0.25) is 11.8 Å². The van der Waals surface area contributed by atoms with Gasteiger partial charge in [-0.2, -0.15) is 0 Å². The van der Waals surface area contributed by atoms with Gasteiger partial charge < -0.3 is 10.1 Å². The van der Waals surface area contributed by atoms with E-state index in [0.717, 1.165) is 6.07 Å². The number of amides is 2. The summed E-state index contributed by atoms with van der Waals surface area (Å²) in [6, 6.07) is 8.13. The number of hydrogen-bond acceptors (Lipinski definition) is 7. The first-order chi connectivity index (χ1) is 14.1. The van der Waals surface area contributed by atoms with E-state index in [0.29, 0.717) is 15.6 Å². The quantitative estimate of drug-likeness (QED) is 0.545. The number of sulfonamides is 1. The summed E-state index contributed by atoms with van der Waals surface area (Å²) in [5.74, 6) is -0.945. The first-order valence-electron chi connectivity index (χ1n) is 8.92. The molecule has 11 heteroatoms. The average molecular weight is 433 g/mol. The molecule has 0 saturated carbocycles. The number of hydrogen-bond donors (Lipinski definition) is 1. The zero-order valence-corrected chi connectivity index (χ0v) is 17.0. The first kappa shape index (κ1) is 21.2. The lowest BCUT2D eigenvalue weighted by Gasteiger charge is -2.24. The zero-order chi connectivity index (χ0) is 22.1. The number of benzene rings is 2. The van der Waals surface area contributed by atoms with E-state index in [-0.39, 0.29) is 29.1 Å². The normalized spacial score (nSPS) is 16.4. The third kappa shape index (κ3) is 3.96. The number of ether oxygens (including phenoxy) is 1. The lowest BCUT2D eigenvalue weighted by Crippen LogP contribution is -2.45. The van der Waals surface area contributed by atoms with Gasteiger partial charge in [-0.15, -0.1) is 0 Å². The lowest BCUT2D eigenvalue weighted by molar-refractivity contribution is -0.384. The van der Waals surface area contributed by atoms with Crippen LogP contribution in [0.2, 0.25) is 0 Å². The summed E-state index contributed by atoms with van der Waals surface area (Å²) in [4.78, 5) is 35.3. The largest absolute Gasteiger partial charge is 0.496 e. The van der Waals surface area contributed by atoms with Crippen molar-refractivity contribution in [2.75, 3.05) is 12.4 Å². The molecule has 1 atom stereocenters. The van der Waals surface area contributed by atoms with E-state index in [9.17, 15) is 28.1 Å². The van der Waals surface area contributed by atoms with Gasteiger partial charge in [0.05, 0.1) is 16.9 Å². The summed E-state index contributed by atoms with van der Waals surface area (Å²) >= 11 is 0. The van der Waals surface area contributed by atoms with Gasteiger partial charge in [0, 0.05) is 24.2 Å². The third-order valence-electron chi connectivity index (χ3n) is 4.71. The number of aryl methyl sites for hydroxylation is 1. The Morgan fingerprint density at radius 1 is 1.27 bits per heavy atom. The Bertz CT molecular complexity index is 1130. The van der Waals surface area contributed by atoms with E-state index >= 15 is 0 Å². The van der Waals surface area contributed by atoms with Crippen LogP contribution >= 0.6 is 0 Å². The number of nitrogens with one attached hydrogen (secondary N) is 1. The van der Waals surface area contributed by atoms with E-state index in [4.69, 9.17) is 4.74 Å². The van der Waals surface area contributed by atoms with Gasteiger partial charge in [-0.3, -0.25) is 19.7 Å². The standard InChI is InChI=1S/C19H19N3O7S/c1-12-10-15(6-8-17(12)29-2)30(27,28)21-16(7-9-18(21)23)19(24)20-13-4-3-5-14(11-13)22(25)26/h3-6,8,10-11,16H,7,9H2,1-2H3,(H,20,24)/t16-/m0/s1. The Balaban J connectivity index is 1.89. The Kier molecular flexibility index (Phi) is 5.74. The number of carbonyl (C=O) groups excluding carboxylic acids is 2. The fourth-order valence-electron chi connectivity index (χ4n) is 3.25. The fraction of sp³-hybridized carbons (Fsp3) is 0.263. The fourth-order valence-corrected chi connectivity index (χ4v) is 4.94. The molecule has 3 rings (SSSR count). The Labute approximate surface area is 172 Å². The van der Waals surface area contributed by atoms with Gasteiger partial charge in [0.15, 0.2) is 0 Å². The highest BCUT2D eigenvalue weighted by Crippen LogP contribution is 2.30. The highest BCUT2D eigenvalue weighted by atomic mass is 32.2. The van der Waals surface area contributed by atoms with Crippen LogP contribution < -0.4 is 10.1 Å². The Hall–Kier alpha value is -3.47. The van der Waals surface area contributed by atoms with Crippen molar-refractivity contribution in [1.82, 2.24) is 4.31 Å². The molecule has 2 aromatic carbocycles. The number of rotatable bonds is 6. The number of methoxy groups -OCH3 is 1. The van der Waals surface area contributed by atoms with Crippen LogP contribution in [0, 0.1) is 17.0 Å². The van der Waals surface area contributed by atoms with Crippen LogP contribution in [0.4, 0.5) is 11.4 Å². The predicted molar refractivity (Wildman–Crippen MR) is 107 cm³/mol. The van der Waals surface area contributed by atoms with Gasteiger partial charge in [-0.25, -0.2) is 12.7 Å². The maximum atomic E-state index is 13.1. The van der Waals surface area contributed by atoms with Crippen molar-refractivity contribution >= 4 is 33.2 Å². The van der Waals surface area contributed by atoms with E-state index in [2.05, 4.69) is 5.32 Å². The molecular weight excluding hydrogens is 414 g/mol. The van der Waals surface area contributed by atoms with Crippen LogP contribution in [0.15, 0.2) is 47.4 Å². The Morgan fingerprint density at radius 3 is 2.63 bits per heavy atom. The summed E-state index contributed by atoms with van der Waals surface area (Å²) in [7, 11) is -2.83. The minimum absolute atomic E-state index is 0.00790. The SMILES string of the molecule is COc1ccc(S(=O)(=O)N2C(=O)CC[C@H]2C(=O)Nc2cccc([N+](=O)[O-])c2)cc1C. The van der Waals surface area contributed by atoms with Gasteiger partial charge in [-0.1, -0.05) is 6.07 Å². The van der Waals surface area contributed by atoms with Crippen LogP contribution in [-0.2, 0) is 19.6 Å². The van der Waals surface area contributed by atoms with Gasteiger partial charge >= 0.3 is 0 Å². The van der Waals surface area contributed by atoms with Crippen molar-refractivity contribution in [3.05, 3.63) is 58.1 Å². The smallest absolute Gasteiger partial charge is 0.271 e. The summed E-state index contributed by atoms with van der Waals surface area (Å²) in [5, 5.41) is 13.4. The highest BCUT2D eigenvalue weighted by molar-refractivity contribution is 7.89. The molecule has 0 spiro atoms. The van der Waals surface area contributed by atoms with Crippen LogP contribution in [0.3, 0.4) is 0 Å². The van der Waals surface area contributed by atoms with E-state index in [1.54, 1.807) is 6.92 Å². The third-order valence-corrected chi connectivity index (χ3v) is 6.54. The summed E-state index contributed by atoms with van der Waals surface area (Å²) < 4.78 is 31.9. The molecule has 1 fully saturated rings. The van der Waals surface area contributed by atoms with Gasteiger partial charge in [0.1, 0.15) is 11.8 Å². The lowest BCUT2D eigenvalue weighted by atomic mass is 10.2. The maximum absolute atomic E-state index is 13.1. The van der Waals surface area contributed by atoms with Crippen LogP contribution in [0.25, 0.3) is 0 Å². The number of anilines is 1. The Morgan fingerprint density at radius 2 is 2.00 bits per heavy atom. The van der Waals surface area contributed by atoms with E-state index in [1.807, 2.05) is 0 Å². The molecule has 0 bridgehead atoms. The van der Waals surface area contributed by atoms with Crippen molar-refractivity contribution < 1.29 is 27.7 Å². The van der Waals surface area contributed by atoms with Crippen LogP contribution in [-0.4, -0.2) is 42.6 Å². The molecule has 1 N–H and O–H groups in total. The molecule has 30 heavy (non-hydrogen) atoms. The summed E-state index contributed by atoms with van der Waals surface area (Å²) in [6.45, 7) is 1.66. The van der Waals surface area contributed by atoms with Gasteiger partial charge in [-0.05, 0) is 43.2 Å². The second-order valence-corrected chi connectivity index (χ2v) is 8.49. The molecule has 0 aromatic heterocycles. The minimum Gasteiger partial charge on any atom is -0.496 e. The summed E-state index contributed by atoms with van der Waals surface area (Å²) in [6.07, 6.45) is -0.102. The molecular formula is C19H19N3O7S. The number of non-ortho nitro benzene ring substituents is 1. The second kappa shape index (κ2) is 8.11. The summed E-state index contributed by atoms with van der Waals surface area (Å²) in [5.41, 5.74) is 0.461. The highest BCUT2D eigenvalue weighted by Gasteiger charge is 2.44. The molecule has 2 amide bonds. The molecule has 1 aliphatic heterocycles. The van der Waals surface area contributed by atoms with Crippen molar-refractivity contribution in [3.63, 3.8) is 0 Å². The van der Waals surface area contributed by atoms with Crippen molar-refractivity contribution in [3.8, 4) is 5.75 Å². The van der Waals surface area contributed by atoms with Crippen molar-refractivity contribution in [2.24, 2.45) is 0 Å². The van der Waals surface area contributed by atoms with Crippen LogP contribution in [0.1, 0.15) is 18.4 Å². The molecule has 158 valence electrons. The van der Waals surface area contributed by atoms with Crippen molar-refractivity contribution in [2.45, 2.75) is 30.7 Å². The van der Waals surface area contributed by atoms with E-state index < -0.39 is 32.8 Å². The molecule has 1 heterocycles. The number of nitrogens with zero attached hydrogens (tertiary/aromatic N) is 2. The minimum atomic E-state index is -4.28. The molecule has 1 aliphatic rings. The molecule has 1 saturated heterocycles. The zero-order valence-electron chi connectivity index (χ0n) is 16.2. The molecule has 0 unspecified atom stereocenters.